The van der Waals surface area contributed by atoms with Crippen LogP contribution in [0.4, 0.5) is 18.9 Å². The molecule has 1 atom stereocenters. The summed E-state index contributed by atoms with van der Waals surface area (Å²) in [5.74, 6) is 0.929. The fourth-order valence-electron chi connectivity index (χ4n) is 4.73. The minimum Gasteiger partial charge on any atom is -0.443 e. The molecule has 3 heterocycles. The standard InChI is InChI=1S/C28H26ClF3N4O4S/c1-4-22(37)21-12-15(3)24-27(33-21)36(23(5-2)34-24)14-16-10-11-17-19(13-16)26(29)40-25(17)18-8-6-7-9-20(18)35-41(38,39)28(30,31)32/h6-13,22,35,37H,4-5,14H2,1-3H3. The number of aliphatic hydroxyl groups is 1. The maximum Gasteiger partial charge on any atom is 0.516 e. The lowest BCUT2D eigenvalue weighted by atomic mass is 10.0. The second-order valence-corrected chi connectivity index (χ2v) is 11.6. The molecule has 0 fully saturated rings. The Morgan fingerprint density at radius 2 is 1.83 bits per heavy atom. The third-order valence-electron chi connectivity index (χ3n) is 6.83. The van der Waals surface area contributed by atoms with E-state index in [0.29, 0.717) is 41.5 Å². The van der Waals surface area contributed by atoms with E-state index in [9.17, 15) is 26.7 Å². The zero-order valence-electron chi connectivity index (χ0n) is 22.3. The first-order valence-electron chi connectivity index (χ1n) is 12.8. The van der Waals surface area contributed by atoms with E-state index < -0.39 is 21.6 Å². The molecular formula is C28H26ClF3N4O4S. The summed E-state index contributed by atoms with van der Waals surface area (Å²) in [5.41, 5.74) is -2.00. The summed E-state index contributed by atoms with van der Waals surface area (Å²) >= 11 is 6.44. The molecule has 3 aromatic heterocycles. The van der Waals surface area contributed by atoms with Gasteiger partial charge in [0.1, 0.15) is 17.1 Å². The number of aromatic nitrogens is 3. The molecule has 0 aliphatic rings. The lowest BCUT2D eigenvalue weighted by Gasteiger charge is -2.13. The smallest absolute Gasteiger partial charge is 0.443 e. The molecule has 5 aromatic rings. The number of aliphatic hydroxyl groups excluding tert-OH is 1. The Labute approximate surface area is 238 Å². The molecule has 2 N–H and O–H groups in total. The van der Waals surface area contributed by atoms with Gasteiger partial charge in [-0.1, -0.05) is 38.1 Å². The summed E-state index contributed by atoms with van der Waals surface area (Å²) in [6.07, 6.45) is 0.464. The molecule has 8 nitrogen and oxygen atoms in total. The topological polar surface area (TPSA) is 110 Å². The first-order valence-corrected chi connectivity index (χ1v) is 14.6. The Morgan fingerprint density at radius 1 is 1.10 bits per heavy atom. The molecule has 0 saturated heterocycles. The Bertz CT molecular complexity index is 1880. The van der Waals surface area contributed by atoms with Crippen molar-refractivity contribution in [3.05, 3.63) is 76.4 Å². The van der Waals surface area contributed by atoms with Crippen LogP contribution < -0.4 is 4.72 Å². The minimum atomic E-state index is -5.66. The van der Waals surface area contributed by atoms with Gasteiger partial charge in [0.25, 0.3) is 0 Å². The molecular weight excluding hydrogens is 581 g/mol. The molecule has 5 rings (SSSR count). The molecule has 0 saturated carbocycles. The van der Waals surface area contributed by atoms with Crippen molar-refractivity contribution in [1.82, 2.24) is 14.5 Å². The molecule has 0 amide bonds. The van der Waals surface area contributed by atoms with E-state index in [2.05, 4.69) is 0 Å². The predicted octanol–water partition coefficient (Wildman–Crippen LogP) is 7.12. The summed E-state index contributed by atoms with van der Waals surface area (Å²) < 4.78 is 72.1. The second kappa shape index (κ2) is 10.7. The second-order valence-electron chi connectivity index (χ2n) is 9.61. The lowest BCUT2D eigenvalue weighted by molar-refractivity contribution is -0.0429. The third kappa shape index (κ3) is 5.27. The Morgan fingerprint density at radius 3 is 2.51 bits per heavy atom. The SMILES string of the molecule is CCc1nc2c(C)cc(C(O)CC)nc2n1Cc1ccc2c(-c3ccccc3NS(=O)(=O)C(F)(F)F)oc(Cl)c2c1. The fourth-order valence-corrected chi connectivity index (χ4v) is 5.55. The molecule has 0 spiro atoms. The summed E-state index contributed by atoms with van der Waals surface area (Å²) in [5, 5.41) is 11.4. The molecule has 216 valence electrons. The number of alkyl halides is 3. The van der Waals surface area contributed by atoms with Crippen molar-refractivity contribution in [2.75, 3.05) is 4.72 Å². The normalized spacial score (nSPS) is 13.3. The van der Waals surface area contributed by atoms with Gasteiger partial charge in [0.15, 0.2) is 5.65 Å². The van der Waals surface area contributed by atoms with E-state index in [1.807, 2.05) is 37.5 Å². The molecule has 13 heteroatoms. The maximum absolute atomic E-state index is 13.0. The monoisotopic (exact) mass is 606 g/mol. The van der Waals surface area contributed by atoms with Gasteiger partial charge in [-0.3, -0.25) is 4.72 Å². The van der Waals surface area contributed by atoms with Crippen LogP contribution in [0.15, 0.2) is 52.9 Å². The summed E-state index contributed by atoms with van der Waals surface area (Å²) in [4.78, 5) is 9.49. The van der Waals surface area contributed by atoms with Crippen LogP contribution in [0.2, 0.25) is 5.22 Å². The van der Waals surface area contributed by atoms with Gasteiger partial charge in [0.05, 0.1) is 24.0 Å². The number of pyridine rings is 1. The number of nitrogens with one attached hydrogen (secondary N) is 1. The summed E-state index contributed by atoms with van der Waals surface area (Å²) in [6.45, 7) is 6.18. The molecule has 0 aliphatic heterocycles. The predicted molar refractivity (Wildman–Crippen MR) is 151 cm³/mol. The van der Waals surface area contributed by atoms with E-state index >= 15 is 0 Å². The number of imidazole rings is 1. The number of sulfonamides is 1. The number of hydrogen-bond acceptors (Lipinski definition) is 6. The first kappa shape index (κ1) is 28.9. The Hall–Kier alpha value is -3.61. The average Bonchev–Trinajstić information content (AvgIpc) is 3.45. The van der Waals surface area contributed by atoms with Crippen LogP contribution in [0.25, 0.3) is 33.3 Å². The van der Waals surface area contributed by atoms with Crippen LogP contribution in [-0.2, 0) is 23.0 Å². The number of hydrogen-bond donors (Lipinski definition) is 2. The van der Waals surface area contributed by atoms with Gasteiger partial charge in [0.2, 0.25) is 5.22 Å². The Balaban J connectivity index is 1.57. The highest BCUT2D eigenvalue weighted by molar-refractivity contribution is 7.93. The number of nitrogens with zero attached hydrogens (tertiary/aromatic N) is 3. The highest BCUT2D eigenvalue weighted by Gasteiger charge is 2.46. The quantitative estimate of drug-likeness (QED) is 0.195. The van der Waals surface area contributed by atoms with Gasteiger partial charge in [0, 0.05) is 22.8 Å². The average molecular weight is 607 g/mol. The zero-order chi connectivity index (χ0) is 29.7. The largest absolute Gasteiger partial charge is 0.516 e. The molecule has 0 aliphatic carbocycles. The van der Waals surface area contributed by atoms with E-state index in [1.54, 1.807) is 22.9 Å². The number of benzene rings is 2. The van der Waals surface area contributed by atoms with E-state index in [0.717, 1.165) is 22.5 Å². The highest BCUT2D eigenvalue weighted by atomic mass is 35.5. The van der Waals surface area contributed by atoms with Gasteiger partial charge < -0.3 is 14.1 Å². The van der Waals surface area contributed by atoms with Crippen molar-refractivity contribution in [3.8, 4) is 11.3 Å². The molecule has 0 bridgehead atoms. The van der Waals surface area contributed by atoms with Gasteiger partial charge in [-0.05, 0) is 60.3 Å². The summed E-state index contributed by atoms with van der Waals surface area (Å²) in [7, 11) is -5.66. The van der Waals surface area contributed by atoms with Crippen LogP contribution in [-0.4, -0.2) is 33.6 Å². The van der Waals surface area contributed by atoms with Crippen LogP contribution in [0, 0.1) is 6.92 Å². The van der Waals surface area contributed by atoms with E-state index in [4.69, 9.17) is 26.0 Å². The third-order valence-corrected chi connectivity index (χ3v) is 8.21. The molecule has 41 heavy (non-hydrogen) atoms. The van der Waals surface area contributed by atoms with Crippen LogP contribution >= 0.6 is 11.6 Å². The van der Waals surface area contributed by atoms with E-state index in [-0.39, 0.29) is 22.2 Å². The van der Waals surface area contributed by atoms with Crippen molar-refractivity contribution >= 4 is 49.2 Å². The number of aryl methyl sites for hydroxylation is 2. The number of fused-ring (bicyclic) bond motifs is 2. The number of halogens is 4. The van der Waals surface area contributed by atoms with Gasteiger partial charge in [-0.25, -0.2) is 9.97 Å². The first-order chi connectivity index (χ1) is 19.3. The lowest BCUT2D eigenvalue weighted by Crippen LogP contribution is -2.30. The van der Waals surface area contributed by atoms with Crippen molar-refractivity contribution < 1.29 is 31.1 Å². The van der Waals surface area contributed by atoms with Crippen molar-refractivity contribution in [1.29, 1.82) is 0 Å². The van der Waals surface area contributed by atoms with Crippen molar-refractivity contribution in [3.63, 3.8) is 0 Å². The molecule has 2 aromatic carbocycles. The summed E-state index contributed by atoms with van der Waals surface area (Å²) in [6, 6.07) is 12.8. The molecule has 0 radical (unpaired) electrons. The van der Waals surface area contributed by atoms with Crippen LogP contribution in [0.3, 0.4) is 0 Å². The number of furan rings is 1. The molecule has 1 unspecified atom stereocenters. The van der Waals surface area contributed by atoms with E-state index in [1.165, 1.54) is 18.2 Å². The highest BCUT2D eigenvalue weighted by Crippen LogP contribution is 2.41. The van der Waals surface area contributed by atoms with Crippen LogP contribution in [0.5, 0.6) is 0 Å². The zero-order valence-corrected chi connectivity index (χ0v) is 23.8. The minimum absolute atomic E-state index is 0.00106. The van der Waals surface area contributed by atoms with Crippen molar-refractivity contribution in [2.45, 2.75) is 51.8 Å². The van der Waals surface area contributed by atoms with Crippen molar-refractivity contribution in [2.24, 2.45) is 0 Å². The van der Waals surface area contributed by atoms with Gasteiger partial charge in [-0.2, -0.15) is 21.6 Å². The van der Waals surface area contributed by atoms with Gasteiger partial charge in [-0.15, -0.1) is 0 Å². The fraction of sp³-hybridized carbons (Fsp3) is 0.286. The van der Waals surface area contributed by atoms with Gasteiger partial charge >= 0.3 is 15.5 Å². The Kier molecular flexibility index (Phi) is 7.51. The number of para-hydroxylation sites is 1. The number of anilines is 1. The maximum atomic E-state index is 13.0. The van der Waals surface area contributed by atoms with Crippen LogP contribution in [0.1, 0.15) is 49.0 Å². The number of rotatable bonds is 8.